The lowest BCUT2D eigenvalue weighted by Gasteiger charge is -2.15. The van der Waals surface area contributed by atoms with Gasteiger partial charge in [-0.25, -0.2) is 0 Å². The summed E-state index contributed by atoms with van der Waals surface area (Å²) in [5.41, 5.74) is 2.10. The highest BCUT2D eigenvalue weighted by Gasteiger charge is 2.38. The molecule has 6 nitrogen and oxygen atoms in total. The highest BCUT2D eigenvalue weighted by atomic mass is 16.5. The monoisotopic (exact) mass is 436 g/mol. The number of carbonyl (C=O) groups is 2. The van der Waals surface area contributed by atoms with Crippen LogP contribution in [-0.2, 0) is 14.3 Å². The first-order chi connectivity index (χ1) is 15.7. The van der Waals surface area contributed by atoms with Crippen LogP contribution < -0.4 is 10.1 Å². The largest absolute Gasteiger partial charge is 0.494 e. The summed E-state index contributed by atoms with van der Waals surface area (Å²) in [5.74, 6) is 0.120. The first-order valence-electron chi connectivity index (χ1n) is 11.4. The lowest BCUT2D eigenvalue weighted by atomic mass is 10.0. The molecule has 0 radical (unpaired) electrons. The van der Waals surface area contributed by atoms with Crippen LogP contribution in [0, 0.1) is 0 Å². The third kappa shape index (κ3) is 5.98. The van der Waals surface area contributed by atoms with E-state index >= 15 is 0 Å². The van der Waals surface area contributed by atoms with E-state index in [0.717, 1.165) is 25.0 Å². The van der Waals surface area contributed by atoms with Gasteiger partial charge in [-0.05, 0) is 37.0 Å². The number of benzene rings is 2. The van der Waals surface area contributed by atoms with E-state index in [-0.39, 0.29) is 11.8 Å². The number of hydrogen-bond acceptors (Lipinski definition) is 5. The highest BCUT2D eigenvalue weighted by molar-refractivity contribution is 6.36. The summed E-state index contributed by atoms with van der Waals surface area (Å²) < 4.78 is 11.3. The third-order valence-corrected chi connectivity index (χ3v) is 5.12. The normalized spacial score (nSPS) is 13.8. The number of unbranched alkanes of at least 4 members (excludes halogenated alkanes) is 1. The van der Waals surface area contributed by atoms with Gasteiger partial charge in [0.05, 0.1) is 12.2 Å². The van der Waals surface area contributed by atoms with Crippen molar-refractivity contribution >= 4 is 23.1 Å². The van der Waals surface area contributed by atoms with Crippen LogP contribution in [-0.4, -0.2) is 43.1 Å². The van der Waals surface area contributed by atoms with Crippen LogP contribution in [0.1, 0.15) is 45.1 Å². The molecule has 1 aliphatic heterocycles. The zero-order chi connectivity index (χ0) is 22.8. The Morgan fingerprint density at radius 1 is 0.844 bits per heavy atom. The molecule has 0 unspecified atom stereocenters. The molecular weight excluding hydrogens is 404 g/mol. The van der Waals surface area contributed by atoms with Gasteiger partial charge in [0.15, 0.2) is 0 Å². The SMILES string of the molecule is CCCCOCCCN1C(=O)C(Nc2cccc(OCCC)c2)=C(c2ccccc2)C1=O. The van der Waals surface area contributed by atoms with Crippen molar-refractivity contribution in [2.75, 3.05) is 31.7 Å². The second kappa shape index (κ2) is 12.1. The molecule has 2 amide bonds. The Kier molecular flexibility index (Phi) is 8.87. The minimum absolute atomic E-state index is 0.282. The van der Waals surface area contributed by atoms with Crippen molar-refractivity contribution in [3.8, 4) is 5.75 Å². The molecule has 6 heteroatoms. The molecule has 1 aliphatic rings. The summed E-state index contributed by atoms with van der Waals surface area (Å²) in [6.07, 6.45) is 3.60. The Hall–Kier alpha value is -3.12. The van der Waals surface area contributed by atoms with Gasteiger partial charge in [0.1, 0.15) is 11.4 Å². The fraction of sp³-hybridized carbons (Fsp3) is 0.385. The van der Waals surface area contributed by atoms with Crippen LogP contribution in [0.3, 0.4) is 0 Å². The van der Waals surface area contributed by atoms with Gasteiger partial charge in [0, 0.05) is 31.5 Å². The Balaban J connectivity index is 1.79. The predicted octanol–water partition coefficient (Wildman–Crippen LogP) is 4.87. The van der Waals surface area contributed by atoms with E-state index < -0.39 is 0 Å². The van der Waals surface area contributed by atoms with E-state index in [0.29, 0.717) is 55.3 Å². The molecule has 2 aromatic carbocycles. The molecule has 1 N–H and O–H groups in total. The Morgan fingerprint density at radius 2 is 1.62 bits per heavy atom. The van der Waals surface area contributed by atoms with Crippen molar-refractivity contribution in [3.05, 3.63) is 65.9 Å². The molecule has 3 rings (SSSR count). The summed E-state index contributed by atoms with van der Waals surface area (Å²) >= 11 is 0. The number of carbonyl (C=O) groups excluding carboxylic acids is 2. The maximum atomic E-state index is 13.2. The third-order valence-electron chi connectivity index (χ3n) is 5.12. The Labute approximate surface area is 190 Å². The molecule has 0 saturated heterocycles. The number of nitrogens with one attached hydrogen (secondary N) is 1. The van der Waals surface area contributed by atoms with Gasteiger partial charge < -0.3 is 14.8 Å². The van der Waals surface area contributed by atoms with Gasteiger partial charge in [0.25, 0.3) is 11.8 Å². The molecule has 0 aromatic heterocycles. The molecular formula is C26H32N2O4. The molecule has 0 spiro atoms. The van der Waals surface area contributed by atoms with E-state index in [2.05, 4.69) is 12.2 Å². The standard InChI is InChI=1S/C26H32N2O4/c1-3-5-17-31-18-10-15-28-25(29)23(20-11-7-6-8-12-20)24(26(28)30)27-21-13-9-14-22(19-21)32-16-4-2/h6-9,11-14,19,27H,3-5,10,15-18H2,1-2H3. The summed E-state index contributed by atoms with van der Waals surface area (Å²) in [7, 11) is 0. The minimum atomic E-state index is -0.317. The predicted molar refractivity (Wildman–Crippen MR) is 126 cm³/mol. The Bertz CT molecular complexity index is 940. The van der Waals surface area contributed by atoms with Crippen LogP contribution in [0.2, 0.25) is 0 Å². The van der Waals surface area contributed by atoms with Crippen LogP contribution in [0.25, 0.3) is 5.57 Å². The molecule has 0 saturated carbocycles. The fourth-order valence-corrected chi connectivity index (χ4v) is 3.47. The van der Waals surface area contributed by atoms with E-state index in [1.165, 1.54) is 4.90 Å². The van der Waals surface area contributed by atoms with Gasteiger partial charge >= 0.3 is 0 Å². The first-order valence-corrected chi connectivity index (χ1v) is 11.4. The van der Waals surface area contributed by atoms with Crippen LogP contribution in [0.5, 0.6) is 5.75 Å². The summed E-state index contributed by atoms with van der Waals surface area (Å²) in [6, 6.07) is 16.7. The number of imide groups is 1. The number of hydrogen-bond donors (Lipinski definition) is 1. The van der Waals surface area contributed by atoms with Gasteiger partial charge in [-0.1, -0.05) is 56.7 Å². The van der Waals surface area contributed by atoms with Crippen molar-refractivity contribution in [3.63, 3.8) is 0 Å². The van der Waals surface area contributed by atoms with Crippen LogP contribution in [0.4, 0.5) is 5.69 Å². The number of anilines is 1. The van der Waals surface area contributed by atoms with Crippen LogP contribution >= 0.6 is 0 Å². The Morgan fingerprint density at radius 3 is 2.38 bits per heavy atom. The molecule has 2 aromatic rings. The van der Waals surface area contributed by atoms with Gasteiger partial charge in [-0.3, -0.25) is 14.5 Å². The first kappa shape index (κ1) is 23.5. The van der Waals surface area contributed by atoms with Gasteiger partial charge in [-0.2, -0.15) is 0 Å². The summed E-state index contributed by atoms with van der Waals surface area (Å²) in [4.78, 5) is 27.8. The summed E-state index contributed by atoms with van der Waals surface area (Å²) in [6.45, 7) is 6.33. The lowest BCUT2D eigenvalue weighted by molar-refractivity contribution is -0.137. The highest BCUT2D eigenvalue weighted by Crippen LogP contribution is 2.31. The van der Waals surface area contributed by atoms with Crippen LogP contribution in [0.15, 0.2) is 60.3 Å². The zero-order valence-electron chi connectivity index (χ0n) is 18.9. The number of amides is 2. The van der Waals surface area contributed by atoms with Crippen molar-refractivity contribution < 1.29 is 19.1 Å². The van der Waals surface area contributed by atoms with Gasteiger partial charge in [0.2, 0.25) is 0 Å². The smallest absolute Gasteiger partial charge is 0.278 e. The number of rotatable bonds is 13. The molecule has 0 bridgehead atoms. The van der Waals surface area contributed by atoms with Crippen molar-refractivity contribution in [1.29, 1.82) is 0 Å². The maximum Gasteiger partial charge on any atom is 0.278 e. The molecule has 0 fully saturated rings. The average Bonchev–Trinajstić information content (AvgIpc) is 3.04. The zero-order valence-corrected chi connectivity index (χ0v) is 18.9. The number of ether oxygens (including phenoxy) is 2. The van der Waals surface area contributed by atoms with Crippen molar-refractivity contribution in [2.24, 2.45) is 0 Å². The lowest BCUT2D eigenvalue weighted by Crippen LogP contribution is -2.34. The van der Waals surface area contributed by atoms with Crippen molar-refractivity contribution in [1.82, 2.24) is 4.90 Å². The molecule has 0 aliphatic carbocycles. The number of nitrogens with zero attached hydrogens (tertiary/aromatic N) is 1. The minimum Gasteiger partial charge on any atom is -0.494 e. The van der Waals surface area contributed by atoms with E-state index in [1.54, 1.807) is 0 Å². The van der Waals surface area contributed by atoms with Gasteiger partial charge in [-0.15, -0.1) is 0 Å². The van der Waals surface area contributed by atoms with E-state index in [1.807, 2.05) is 61.5 Å². The van der Waals surface area contributed by atoms with Crippen molar-refractivity contribution in [2.45, 2.75) is 39.5 Å². The maximum absolute atomic E-state index is 13.2. The second-order valence-electron chi connectivity index (χ2n) is 7.70. The van der Waals surface area contributed by atoms with E-state index in [9.17, 15) is 9.59 Å². The second-order valence-corrected chi connectivity index (χ2v) is 7.70. The average molecular weight is 437 g/mol. The molecule has 1 heterocycles. The van der Waals surface area contributed by atoms with E-state index in [4.69, 9.17) is 9.47 Å². The quantitative estimate of drug-likeness (QED) is 0.358. The molecule has 32 heavy (non-hydrogen) atoms. The molecule has 170 valence electrons. The fourth-order valence-electron chi connectivity index (χ4n) is 3.47. The topological polar surface area (TPSA) is 67.9 Å². The molecule has 0 atom stereocenters. The summed E-state index contributed by atoms with van der Waals surface area (Å²) in [5, 5.41) is 3.19.